The maximum absolute atomic E-state index is 12.2. The fourth-order valence-electron chi connectivity index (χ4n) is 3.14. The van der Waals surface area contributed by atoms with Gasteiger partial charge >= 0.3 is 0 Å². The molecule has 1 saturated heterocycles. The summed E-state index contributed by atoms with van der Waals surface area (Å²) in [6.45, 7) is 3.73. The Labute approximate surface area is 115 Å². The van der Waals surface area contributed by atoms with Gasteiger partial charge in [-0.2, -0.15) is 0 Å². The molecule has 1 aliphatic carbocycles. The molecule has 3 rings (SSSR count). The number of anilines is 1. The second-order valence-corrected chi connectivity index (χ2v) is 8.14. The molecule has 1 aliphatic heterocycles. The number of hydrogen-bond acceptors (Lipinski definition) is 3. The van der Waals surface area contributed by atoms with Crippen molar-refractivity contribution < 1.29 is 8.42 Å². The lowest BCUT2D eigenvalue weighted by Crippen LogP contribution is -2.37. The zero-order valence-electron chi connectivity index (χ0n) is 11.4. The van der Waals surface area contributed by atoms with E-state index in [9.17, 15) is 8.42 Å². The van der Waals surface area contributed by atoms with E-state index in [2.05, 4.69) is 4.90 Å². The molecule has 0 bridgehead atoms. The molecule has 1 aromatic rings. The average molecular weight is 279 g/mol. The van der Waals surface area contributed by atoms with Crippen LogP contribution >= 0.6 is 0 Å². The van der Waals surface area contributed by atoms with Crippen LogP contribution in [0.25, 0.3) is 0 Å². The van der Waals surface area contributed by atoms with Crippen LogP contribution in [0.5, 0.6) is 0 Å². The lowest BCUT2D eigenvalue weighted by Gasteiger charge is -2.35. The van der Waals surface area contributed by atoms with Gasteiger partial charge in [-0.1, -0.05) is 19.1 Å². The van der Waals surface area contributed by atoms with E-state index in [1.807, 2.05) is 18.2 Å². The third kappa shape index (κ3) is 2.38. The van der Waals surface area contributed by atoms with Gasteiger partial charge in [0.2, 0.25) is 0 Å². The molecule has 4 heteroatoms. The Morgan fingerprint density at radius 3 is 2.63 bits per heavy atom. The predicted molar refractivity (Wildman–Crippen MR) is 77.3 cm³/mol. The smallest absolute Gasteiger partial charge is 0.180 e. The van der Waals surface area contributed by atoms with Crippen molar-refractivity contribution in [3.63, 3.8) is 0 Å². The SMILES string of the molecule is CCS(=O)(=O)c1ccccc1N1CCCC2(CC2)C1. The van der Waals surface area contributed by atoms with Gasteiger partial charge in [0.15, 0.2) is 9.84 Å². The molecular weight excluding hydrogens is 258 g/mol. The van der Waals surface area contributed by atoms with Crippen LogP contribution in [-0.4, -0.2) is 27.3 Å². The van der Waals surface area contributed by atoms with Crippen molar-refractivity contribution in [2.75, 3.05) is 23.7 Å². The van der Waals surface area contributed by atoms with Crippen molar-refractivity contribution in [2.45, 2.75) is 37.5 Å². The van der Waals surface area contributed by atoms with Crippen LogP contribution < -0.4 is 4.90 Å². The summed E-state index contributed by atoms with van der Waals surface area (Å²) < 4.78 is 24.4. The minimum absolute atomic E-state index is 0.170. The minimum atomic E-state index is -3.14. The summed E-state index contributed by atoms with van der Waals surface area (Å²) >= 11 is 0. The first-order valence-electron chi connectivity index (χ1n) is 7.13. The van der Waals surface area contributed by atoms with Crippen LogP contribution in [-0.2, 0) is 9.84 Å². The van der Waals surface area contributed by atoms with Crippen molar-refractivity contribution in [3.05, 3.63) is 24.3 Å². The Morgan fingerprint density at radius 1 is 1.21 bits per heavy atom. The highest BCUT2D eigenvalue weighted by Crippen LogP contribution is 2.52. The quantitative estimate of drug-likeness (QED) is 0.854. The topological polar surface area (TPSA) is 37.4 Å². The van der Waals surface area contributed by atoms with E-state index in [1.54, 1.807) is 13.0 Å². The third-order valence-corrected chi connectivity index (χ3v) is 6.31. The summed E-state index contributed by atoms with van der Waals surface area (Å²) in [5.41, 5.74) is 1.41. The van der Waals surface area contributed by atoms with Gasteiger partial charge in [0.1, 0.15) is 0 Å². The van der Waals surface area contributed by atoms with Crippen LogP contribution in [0.4, 0.5) is 5.69 Å². The lowest BCUT2D eigenvalue weighted by atomic mass is 9.95. The first-order valence-corrected chi connectivity index (χ1v) is 8.78. The lowest BCUT2D eigenvalue weighted by molar-refractivity contribution is 0.394. The minimum Gasteiger partial charge on any atom is -0.370 e. The second-order valence-electron chi connectivity index (χ2n) is 5.90. The third-order valence-electron chi connectivity index (χ3n) is 4.54. The van der Waals surface area contributed by atoms with E-state index < -0.39 is 9.84 Å². The summed E-state index contributed by atoms with van der Waals surface area (Å²) in [6.07, 6.45) is 5.12. The highest BCUT2D eigenvalue weighted by atomic mass is 32.2. The zero-order chi connectivity index (χ0) is 13.5. The van der Waals surface area contributed by atoms with Gasteiger partial charge in [-0.05, 0) is 43.2 Å². The van der Waals surface area contributed by atoms with E-state index in [4.69, 9.17) is 0 Å². The van der Waals surface area contributed by atoms with Gasteiger partial charge in [-0.15, -0.1) is 0 Å². The number of para-hydroxylation sites is 1. The van der Waals surface area contributed by atoms with E-state index in [0.717, 1.165) is 18.8 Å². The van der Waals surface area contributed by atoms with Gasteiger partial charge < -0.3 is 4.90 Å². The van der Waals surface area contributed by atoms with Gasteiger partial charge in [-0.25, -0.2) is 8.42 Å². The van der Waals surface area contributed by atoms with Crippen LogP contribution in [0.1, 0.15) is 32.6 Å². The molecule has 19 heavy (non-hydrogen) atoms. The molecule has 3 nitrogen and oxygen atoms in total. The maximum Gasteiger partial charge on any atom is 0.180 e. The number of nitrogens with zero attached hydrogens (tertiary/aromatic N) is 1. The van der Waals surface area contributed by atoms with Crippen molar-refractivity contribution in [3.8, 4) is 0 Å². The summed E-state index contributed by atoms with van der Waals surface area (Å²) in [7, 11) is -3.14. The van der Waals surface area contributed by atoms with Crippen LogP contribution in [0, 0.1) is 5.41 Å². The molecule has 1 spiro atoms. The summed E-state index contributed by atoms with van der Waals surface area (Å²) in [4.78, 5) is 2.80. The number of piperidine rings is 1. The number of sulfone groups is 1. The molecule has 0 radical (unpaired) electrons. The fraction of sp³-hybridized carbons (Fsp3) is 0.600. The average Bonchev–Trinajstić information content (AvgIpc) is 3.18. The summed E-state index contributed by atoms with van der Waals surface area (Å²) in [5, 5.41) is 0. The molecule has 0 atom stereocenters. The largest absolute Gasteiger partial charge is 0.370 e. The predicted octanol–water partition coefficient (Wildman–Crippen LogP) is 2.86. The maximum atomic E-state index is 12.2. The molecule has 0 N–H and O–H groups in total. The molecule has 2 aliphatic rings. The van der Waals surface area contributed by atoms with Crippen molar-refractivity contribution in [1.82, 2.24) is 0 Å². The monoisotopic (exact) mass is 279 g/mol. The van der Waals surface area contributed by atoms with E-state index >= 15 is 0 Å². The number of hydrogen-bond donors (Lipinski definition) is 0. The highest BCUT2D eigenvalue weighted by Gasteiger charge is 2.45. The van der Waals surface area contributed by atoms with Crippen molar-refractivity contribution in [2.24, 2.45) is 5.41 Å². The van der Waals surface area contributed by atoms with E-state index in [0.29, 0.717) is 10.3 Å². The number of benzene rings is 1. The molecule has 104 valence electrons. The van der Waals surface area contributed by atoms with Crippen molar-refractivity contribution >= 4 is 15.5 Å². The molecule has 1 heterocycles. The molecular formula is C15H21NO2S. The van der Waals surface area contributed by atoms with E-state index in [-0.39, 0.29) is 5.75 Å². The fourth-order valence-corrected chi connectivity index (χ4v) is 4.25. The Bertz CT molecular complexity index is 576. The Balaban J connectivity index is 1.96. The standard InChI is InChI=1S/C15H21NO2S/c1-2-19(17,18)14-7-4-3-6-13(14)16-11-5-8-15(12-16)9-10-15/h3-4,6-7H,2,5,8-12H2,1H3. The zero-order valence-corrected chi connectivity index (χ0v) is 12.2. The second kappa shape index (κ2) is 4.51. The summed E-state index contributed by atoms with van der Waals surface area (Å²) in [5.74, 6) is 0.170. The first-order chi connectivity index (χ1) is 9.06. The van der Waals surface area contributed by atoms with Crippen LogP contribution in [0.2, 0.25) is 0 Å². The van der Waals surface area contributed by atoms with Gasteiger partial charge in [0.25, 0.3) is 0 Å². The van der Waals surface area contributed by atoms with Gasteiger partial charge in [0.05, 0.1) is 16.3 Å². The first kappa shape index (κ1) is 13.0. The molecule has 1 aromatic carbocycles. The Morgan fingerprint density at radius 2 is 1.95 bits per heavy atom. The molecule has 0 aromatic heterocycles. The molecule has 1 saturated carbocycles. The highest BCUT2D eigenvalue weighted by molar-refractivity contribution is 7.91. The Kier molecular flexibility index (Phi) is 3.08. The van der Waals surface area contributed by atoms with E-state index in [1.165, 1.54) is 25.7 Å². The van der Waals surface area contributed by atoms with Gasteiger partial charge in [-0.3, -0.25) is 0 Å². The summed E-state index contributed by atoms with van der Waals surface area (Å²) in [6, 6.07) is 7.48. The normalized spacial score (nSPS) is 21.6. The Hall–Kier alpha value is -1.03. The molecule has 2 fully saturated rings. The number of rotatable bonds is 3. The van der Waals surface area contributed by atoms with Crippen LogP contribution in [0.3, 0.4) is 0 Å². The molecule has 0 amide bonds. The van der Waals surface area contributed by atoms with Crippen molar-refractivity contribution in [1.29, 1.82) is 0 Å². The van der Waals surface area contributed by atoms with Gasteiger partial charge in [0, 0.05) is 13.1 Å². The van der Waals surface area contributed by atoms with Crippen LogP contribution in [0.15, 0.2) is 29.2 Å². The molecule has 0 unspecified atom stereocenters.